The van der Waals surface area contributed by atoms with Crippen molar-refractivity contribution in [1.82, 2.24) is 4.98 Å². The zero-order chi connectivity index (χ0) is 17.9. The van der Waals surface area contributed by atoms with Crippen molar-refractivity contribution >= 4 is 5.71 Å². The molecule has 24 heavy (non-hydrogen) atoms. The van der Waals surface area contributed by atoms with Crippen LogP contribution >= 0.6 is 0 Å². The van der Waals surface area contributed by atoms with Crippen molar-refractivity contribution in [2.45, 2.75) is 40.0 Å². The van der Waals surface area contributed by atoms with Gasteiger partial charge in [-0.2, -0.15) is 4.57 Å². The lowest BCUT2D eigenvalue weighted by Gasteiger charge is -2.19. The Bertz CT molecular complexity index is 779. The molecule has 0 aliphatic rings. The van der Waals surface area contributed by atoms with Crippen molar-refractivity contribution in [3.05, 3.63) is 60.1 Å². The zero-order valence-corrected chi connectivity index (χ0v) is 16.0. The van der Waals surface area contributed by atoms with Gasteiger partial charge in [-0.05, 0) is 36.1 Å². The Balaban J connectivity index is 2.79. The maximum absolute atomic E-state index is 4.56. The molecule has 0 N–H and O–H groups in total. The summed E-state index contributed by atoms with van der Waals surface area (Å²) >= 11 is 0. The van der Waals surface area contributed by atoms with E-state index >= 15 is 0 Å². The van der Waals surface area contributed by atoms with Crippen molar-refractivity contribution in [2.24, 2.45) is 7.05 Å². The third-order valence-electron chi connectivity index (χ3n) is 4.37. The van der Waals surface area contributed by atoms with Crippen LogP contribution in [-0.2, 0) is 12.5 Å². The molecule has 0 bridgehead atoms. The molecule has 0 spiro atoms. The summed E-state index contributed by atoms with van der Waals surface area (Å²) in [6, 6.07) is 10.6. The van der Waals surface area contributed by atoms with Gasteiger partial charge in [-0.25, -0.2) is 9.56 Å². The van der Waals surface area contributed by atoms with Crippen molar-refractivity contribution in [1.29, 1.82) is 0 Å². The van der Waals surface area contributed by atoms with Crippen LogP contribution in [0.5, 0.6) is 0 Å². The number of allylic oxidation sites excluding steroid dienone is 1. The number of rotatable bonds is 3. The van der Waals surface area contributed by atoms with Crippen LogP contribution in [0.2, 0.25) is 0 Å². The minimum absolute atomic E-state index is 0.0754. The molecule has 0 atom stereocenters. The first-order valence-electron chi connectivity index (χ1n) is 8.41. The molecule has 0 radical (unpaired) electrons. The lowest BCUT2D eigenvalue weighted by atomic mass is 9.86. The predicted octanol–water partition coefficient (Wildman–Crippen LogP) is 3.86. The second-order valence-corrected chi connectivity index (χ2v) is 7.22. The van der Waals surface area contributed by atoms with E-state index in [1.165, 1.54) is 17.0 Å². The Morgan fingerprint density at radius 3 is 2.46 bits per heavy atom. The van der Waals surface area contributed by atoms with Gasteiger partial charge in [-0.3, -0.25) is 0 Å². The molecule has 2 heterocycles. The average Bonchev–Trinajstić information content (AvgIpc) is 2.54. The fourth-order valence-electron chi connectivity index (χ4n) is 2.72. The highest BCUT2D eigenvalue weighted by atomic mass is 15.0. The van der Waals surface area contributed by atoms with Gasteiger partial charge >= 0.3 is 0 Å². The van der Waals surface area contributed by atoms with Crippen LogP contribution in [-0.4, -0.2) is 22.3 Å². The number of pyridine rings is 2. The second kappa shape index (κ2) is 7.08. The van der Waals surface area contributed by atoms with Gasteiger partial charge in [0.15, 0.2) is 6.20 Å². The van der Waals surface area contributed by atoms with Gasteiger partial charge in [0.25, 0.3) is 5.69 Å². The summed E-state index contributed by atoms with van der Waals surface area (Å²) in [6.07, 6.45) is 5.98. The van der Waals surface area contributed by atoms with E-state index in [0.29, 0.717) is 0 Å². The quantitative estimate of drug-likeness (QED) is 0.620. The SMILES string of the molecule is CC=C[N+](C)=C(C)c1cc(C(C)(C)C)cc(-c2ccccn2)[n+]1C. The molecular formula is C21H29N3+2. The van der Waals surface area contributed by atoms with Gasteiger partial charge in [-0.1, -0.05) is 26.8 Å². The van der Waals surface area contributed by atoms with E-state index in [9.17, 15) is 0 Å². The zero-order valence-electron chi connectivity index (χ0n) is 16.0. The highest BCUT2D eigenvalue weighted by Crippen LogP contribution is 2.26. The molecule has 2 aromatic heterocycles. The van der Waals surface area contributed by atoms with Gasteiger partial charge in [0.2, 0.25) is 11.4 Å². The summed E-state index contributed by atoms with van der Waals surface area (Å²) in [4.78, 5) is 4.56. The lowest BCUT2D eigenvalue weighted by Crippen LogP contribution is -2.41. The molecule has 0 fully saturated rings. The van der Waals surface area contributed by atoms with Crippen LogP contribution in [0.4, 0.5) is 0 Å². The fraction of sp³-hybridized carbons (Fsp3) is 0.381. The minimum atomic E-state index is 0.0754. The lowest BCUT2D eigenvalue weighted by molar-refractivity contribution is -0.664. The third-order valence-corrected chi connectivity index (χ3v) is 4.37. The molecule has 3 nitrogen and oxygen atoms in total. The van der Waals surface area contributed by atoms with Crippen molar-refractivity contribution in [3.63, 3.8) is 0 Å². The monoisotopic (exact) mass is 323 g/mol. The third kappa shape index (κ3) is 3.78. The summed E-state index contributed by atoms with van der Waals surface area (Å²) < 4.78 is 4.39. The molecule has 0 aliphatic carbocycles. The molecule has 2 rings (SSSR count). The molecule has 0 unspecified atom stereocenters. The summed E-state index contributed by atoms with van der Waals surface area (Å²) in [5.74, 6) is 0. The predicted molar refractivity (Wildman–Crippen MR) is 100 cm³/mol. The van der Waals surface area contributed by atoms with Gasteiger partial charge < -0.3 is 0 Å². The summed E-state index contributed by atoms with van der Waals surface area (Å²) in [6.45, 7) is 10.9. The highest BCUT2D eigenvalue weighted by Gasteiger charge is 2.27. The normalized spacial score (nSPS) is 13.3. The van der Waals surface area contributed by atoms with E-state index in [2.05, 4.69) is 86.4 Å². The van der Waals surface area contributed by atoms with E-state index < -0.39 is 0 Å². The van der Waals surface area contributed by atoms with E-state index in [1.54, 1.807) is 0 Å². The summed E-state index contributed by atoms with van der Waals surface area (Å²) in [5.41, 5.74) is 5.92. The van der Waals surface area contributed by atoms with Crippen LogP contribution in [0.3, 0.4) is 0 Å². The largest absolute Gasteiger partial charge is 0.272 e. The van der Waals surface area contributed by atoms with Gasteiger partial charge in [-0.15, -0.1) is 0 Å². The summed E-state index contributed by atoms with van der Waals surface area (Å²) in [7, 11) is 4.19. The number of aromatic nitrogens is 2. The van der Waals surface area contributed by atoms with Crippen LogP contribution in [0, 0.1) is 0 Å². The maximum Gasteiger partial charge on any atom is 0.272 e. The summed E-state index contributed by atoms with van der Waals surface area (Å²) in [5, 5.41) is 0. The van der Waals surface area contributed by atoms with Crippen LogP contribution in [0.25, 0.3) is 11.4 Å². The molecule has 126 valence electrons. The standard InChI is InChI=1S/C21H29N3/c1-8-13-23(6)16(2)19-14-17(21(3,4)5)15-20(24(19)7)18-11-9-10-12-22-18/h8-15H,1-7H3/q+2. The Kier molecular flexibility index (Phi) is 5.33. The Morgan fingerprint density at radius 1 is 1.21 bits per heavy atom. The van der Waals surface area contributed by atoms with Crippen LogP contribution in [0.1, 0.15) is 45.9 Å². The molecule has 0 aromatic carbocycles. The van der Waals surface area contributed by atoms with E-state index in [0.717, 1.165) is 11.4 Å². The molecule has 3 heteroatoms. The molecule has 0 amide bonds. The van der Waals surface area contributed by atoms with Crippen molar-refractivity contribution in [2.75, 3.05) is 7.05 Å². The minimum Gasteiger partial charge on any atom is -0.250 e. The first kappa shape index (κ1) is 18.1. The first-order chi connectivity index (χ1) is 11.3. The Hall–Kier alpha value is -2.29. The Morgan fingerprint density at radius 2 is 1.92 bits per heavy atom. The first-order valence-corrected chi connectivity index (χ1v) is 8.41. The molecule has 0 saturated carbocycles. The number of hydrogen-bond donors (Lipinski definition) is 0. The van der Waals surface area contributed by atoms with Crippen LogP contribution < -0.4 is 4.57 Å². The van der Waals surface area contributed by atoms with Gasteiger partial charge in [0, 0.05) is 25.3 Å². The van der Waals surface area contributed by atoms with Gasteiger partial charge in [0.1, 0.15) is 19.8 Å². The fourth-order valence-corrected chi connectivity index (χ4v) is 2.72. The van der Waals surface area contributed by atoms with E-state index in [-0.39, 0.29) is 5.41 Å². The Labute approximate surface area is 146 Å². The topological polar surface area (TPSA) is 19.8 Å². The van der Waals surface area contributed by atoms with Crippen molar-refractivity contribution in [3.8, 4) is 11.4 Å². The molecular weight excluding hydrogens is 294 g/mol. The maximum atomic E-state index is 4.56. The highest BCUT2D eigenvalue weighted by molar-refractivity contribution is 5.92. The molecule has 0 saturated heterocycles. The average molecular weight is 323 g/mol. The van der Waals surface area contributed by atoms with Gasteiger partial charge in [0.05, 0.1) is 0 Å². The number of nitrogens with zero attached hydrogens (tertiary/aromatic N) is 3. The van der Waals surface area contributed by atoms with Crippen molar-refractivity contribution < 1.29 is 9.14 Å². The molecule has 2 aromatic rings. The van der Waals surface area contributed by atoms with E-state index in [1.807, 2.05) is 25.3 Å². The smallest absolute Gasteiger partial charge is 0.250 e. The second-order valence-electron chi connectivity index (χ2n) is 7.22. The van der Waals surface area contributed by atoms with Crippen LogP contribution in [0.15, 0.2) is 48.8 Å². The van der Waals surface area contributed by atoms with E-state index in [4.69, 9.17) is 0 Å². The molecule has 0 aliphatic heterocycles. The number of hydrogen-bond acceptors (Lipinski definition) is 1.